The van der Waals surface area contributed by atoms with Crippen molar-refractivity contribution >= 4 is 5.91 Å². The van der Waals surface area contributed by atoms with Gasteiger partial charge in [-0.15, -0.1) is 0 Å². The van der Waals surface area contributed by atoms with Gasteiger partial charge in [0.2, 0.25) is 0 Å². The number of carbonyl (C=O) groups is 1. The SMILES string of the molecule is CC(C)[C@H](NCc1ccco1)C(=O)NN. The van der Waals surface area contributed by atoms with E-state index in [1.54, 1.807) is 6.26 Å². The van der Waals surface area contributed by atoms with E-state index in [0.29, 0.717) is 6.54 Å². The van der Waals surface area contributed by atoms with E-state index in [-0.39, 0.29) is 17.9 Å². The van der Waals surface area contributed by atoms with Crippen LogP contribution < -0.4 is 16.6 Å². The van der Waals surface area contributed by atoms with Gasteiger partial charge in [0.15, 0.2) is 0 Å². The van der Waals surface area contributed by atoms with Crippen molar-refractivity contribution in [3.05, 3.63) is 24.2 Å². The molecule has 1 amide bonds. The summed E-state index contributed by atoms with van der Waals surface area (Å²) in [7, 11) is 0. The van der Waals surface area contributed by atoms with Gasteiger partial charge in [0.1, 0.15) is 5.76 Å². The Hall–Kier alpha value is -1.33. The number of carbonyl (C=O) groups excluding carboxylic acids is 1. The molecule has 0 aliphatic carbocycles. The second-order valence-corrected chi connectivity index (χ2v) is 3.69. The van der Waals surface area contributed by atoms with Crippen molar-refractivity contribution in [2.24, 2.45) is 11.8 Å². The molecule has 1 rings (SSSR count). The van der Waals surface area contributed by atoms with Crippen LogP contribution in [0.5, 0.6) is 0 Å². The first-order chi connectivity index (χ1) is 7.15. The lowest BCUT2D eigenvalue weighted by Crippen LogP contribution is -2.49. The molecule has 0 spiro atoms. The molecule has 0 bridgehead atoms. The predicted molar refractivity (Wildman–Crippen MR) is 56.5 cm³/mol. The molecular weight excluding hydrogens is 194 g/mol. The lowest BCUT2D eigenvalue weighted by atomic mass is 10.0. The maximum absolute atomic E-state index is 11.4. The van der Waals surface area contributed by atoms with Crippen LogP contribution >= 0.6 is 0 Å². The molecule has 1 aromatic rings. The fourth-order valence-corrected chi connectivity index (χ4v) is 1.34. The Labute approximate surface area is 89.0 Å². The van der Waals surface area contributed by atoms with E-state index in [9.17, 15) is 4.79 Å². The second kappa shape index (κ2) is 5.53. The summed E-state index contributed by atoms with van der Waals surface area (Å²) in [6.45, 7) is 4.42. The zero-order valence-corrected chi connectivity index (χ0v) is 8.99. The molecule has 1 aromatic heterocycles. The fraction of sp³-hybridized carbons (Fsp3) is 0.500. The highest BCUT2D eigenvalue weighted by Crippen LogP contribution is 2.04. The van der Waals surface area contributed by atoms with Crippen LogP contribution in [0.3, 0.4) is 0 Å². The van der Waals surface area contributed by atoms with Crippen LogP contribution in [-0.4, -0.2) is 11.9 Å². The summed E-state index contributed by atoms with van der Waals surface area (Å²) in [5.74, 6) is 5.85. The van der Waals surface area contributed by atoms with E-state index >= 15 is 0 Å². The zero-order valence-electron chi connectivity index (χ0n) is 8.99. The van der Waals surface area contributed by atoms with E-state index in [1.165, 1.54) is 0 Å². The molecule has 0 saturated carbocycles. The first-order valence-corrected chi connectivity index (χ1v) is 4.91. The summed E-state index contributed by atoms with van der Waals surface area (Å²) >= 11 is 0. The third-order valence-corrected chi connectivity index (χ3v) is 2.17. The Morgan fingerprint density at radius 2 is 2.33 bits per heavy atom. The van der Waals surface area contributed by atoms with Gasteiger partial charge < -0.3 is 4.42 Å². The minimum absolute atomic E-state index is 0.170. The molecular formula is C10H17N3O2. The number of hydrazine groups is 1. The van der Waals surface area contributed by atoms with Crippen molar-refractivity contribution in [3.8, 4) is 0 Å². The molecule has 5 nitrogen and oxygen atoms in total. The molecule has 0 radical (unpaired) electrons. The fourth-order valence-electron chi connectivity index (χ4n) is 1.34. The second-order valence-electron chi connectivity index (χ2n) is 3.69. The molecule has 0 saturated heterocycles. The van der Waals surface area contributed by atoms with Crippen LogP contribution in [-0.2, 0) is 11.3 Å². The number of furan rings is 1. The summed E-state index contributed by atoms with van der Waals surface area (Å²) in [4.78, 5) is 11.4. The lowest BCUT2D eigenvalue weighted by Gasteiger charge is -2.19. The average Bonchev–Trinajstić information content (AvgIpc) is 2.70. The third-order valence-electron chi connectivity index (χ3n) is 2.17. The maximum Gasteiger partial charge on any atom is 0.251 e. The number of hydrogen-bond donors (Lipinski definition) is 3. The van der Waals surface area contributed by atoms with E-state index in [0.717, 1.165) is 5.76 Å². The van der Waals surface area contributed by atoms with Crippen molar-refractivity contribution in [3.63, 3.8) is 0 Å². The van der Waals surface area contributed by atoms with E-state index in [2.05, 4.69) is 10.7 Å². The number of nitrogens with one attached hydrogen (secondary N) is 2. The highest BCUT2D eigenvalue weighted by Gasteiger charge is 2.20. The topological polar surface area (TPSA) is 80.3 Å². The molecule has 0 aliphatic heterocycles. The highest BCUT2D eigenvalue weighted by atomic mass is 16.3. The molecule has 0 unspecified atom stereocenters. The van der Waals surface area contributed by atoms with Crippen LogP contribution in [0.25, 0.3) is 0 Å². The average molecular weight is 211 g/mol. The van der Waals surface area contributed by atoms with E-state index in [1.807, 2.05) is 26.0 Å². The summed E-state index contributed by atoms with van der Waals surface area (Å²) in [5, 5.41) is 3.09. The molecule has 0 fully saturated rings. The maximum atomic E-state index is 11.4. The van der Waals surface area contributed by atoms with Gasteiger partial charge in [-0.05, 0) is 18.1 Å². The number of amides is 1. The largest absolute Gasteiger partial charge is 0.468 e. The van der Waals surface area contributed by atoms with Crippen LogP contribution in [0.1, 0.15) is 19.6 Å². The number of hydrogen-bond acceptors (Lipinski definition) is 4. The standard InChI is InChI=1S/C10H17N3O2/c1-7(2)9(10(14)13-11)12-6-8-4-3-5-15-8/h3-5,7,9,12H,6,11H2,1-2H3,(H,13,14)/t9-/m0/s1. The van der Waals surface area contributed by atoms with E-state index < -0.39 is 0 Å². The van der Waals surface area contributed by atoms with Crippen molar-refractivity contribution in [2.45, 2.75) is 26.4 Å². The minimum atomic E-state index is -0.305. The molecule has 4 N–H and O–H groups in total. The van der Waals surface area contributed by atoms with Gasteiger partial charge in [0.05, 0.1) is 18.8 Å². The Morgan fingerprint density at radius 3 is 2.80 bits per heavy atom. The van der Waals surface area contributed by atoms with Gasteiger partial charge in [-0.1, -0.05) is 13.8 Å². The smallest absolute Gasteiger partial charge is 0.251 e. The zero-order chi connectivity index (χ0) is 11.3. The predicted octanol–water partition coefficient (Wildman–Crippen LogP) is 0.384. The van der Waals surface area contributed by atoms with Crippen LogP contribution in [0.4, 0.5) is 0 Å². The summed E-state index contributed by atoms with van der Waals surface area (Å²) < 4.78 is 5.15. The van der Waals surface area contributed by atoms with Gasteiger partial charge in [-0.2, -0.15) is 0 Å². The summed E-state index contributed by atoms with van der Waals surface area (Å²) in [6.07, 6.45) is 1.60. The van der Waals surface area contributed by atoms with Crippen LogP contribution in [0, 0.1) is 5.92 Å². The van der Waals surface area contributed by atoms with Crippen molar-refractivity contribution in [2.75, 3.05) is 0 Å². The molecule has 1 atom stereocenters. The quantitative estimate of drug-likeness (QED) is 0.374. The number of nitrogens with two attached hydrogens (primary N) is 1. The van der Waals surface area contributed by atoms with Crippen molar-refractivity contribution < 1.29 is 9.21 Å². The van der Waals surface area contributed by atoms with E-state index in [4.69, 9.17) is 10.3 Å². The van der Waals surface area contributed by atoms with Crippen LogP contribution in [0.15, 0.2) is 22.8 Å². The Balaban J connectivity index is 2.49. The summed E-state index contributed by atoms with van der Waals surface area (Å²) in [6, 6.07) is 3.36. The molecule has 84 valence electrons. The normalized spacial score (nSPS) is 12.8. The Kier molecular flexibility index (Phi) is 4.33. The van der Waals surface area contributed by atoms with Gasteiger partial charge in [-0.25, -0.2) is 5.84 Å². The van der Waals surface area contributed by atoms with Gasteiger partial charge in [0.25, 0.3) is 5.91 Å². The highest BCUT2D eigenvalue weighted by molar-refractivity contribution is 5.81. The van der Waals surface area contributed by atoms with Gasteiger partial charge in [-0.3, -0.25) is 15.5 Å². The molecule has 0 aromatic carbocycles. The Morgan fingerprint density at radius 1 is 1.60 bits per heavy atom. The third kappa shape index (κ3) is 3.38. The first kappa shape index (κ1) is 11.7. The first-order valence-electron chi connectivity index (χ1n) is 4.91. The van der Waals surface area contributed by atoms with Crippen molar-refractivity contribution in [1.82, 2.24) is 10.7 Å². The molecule has 15 heavy (non-hydrogen) atoms. The number of rotatable bonds is 5. The van der Waals surface area contributed by atoms with Gasteiger partial charge in [0, 0.05) is 0 Å². The molecule has 1 heterocycles. The van der Waals surface area contributed by atoms with Gasteiger partial charge >= 0.3 is 0 Å². The monoisotopic (exact) mass is 211 g/mol. The Bertz CT molecular complexity index is 296. The molecule has 5 heteroatoms. The minimum Gasteiger partial charge on any atom is -0.468 e. The summed E-state index contributed by atoms with van der Waals surface area (Å²) in [5.41, 5.74) is 2.14. The van der Waals surface area contributed by atoms with Crippen LogP contribution in [0.2, 0.25) is 0 Å². The lowest BCUT2D eigenvalue weighted by molar-refractivity contribution is -0.124. The van der Waals surface area contributed by atoms with Crippen molar-refractivity contribution in [1.29, 1.82) is 0 Å². The molecule has 0 aliphatic rings.